The number of alkyl halides is 1. The Balaban J connectivity index is 1.40. The number of hydrogen-bond donors (Lipinski definition) is 1. The minimum absolute atomic E-state index is 0.119. The zero-order valence-electron chi connectivity index (χ0n) is 23.1. The Kier molecular flexibility index (Phi) is 7.65. The summed E-state index contributed by atoms with van der Waals surface area (Å²) in [6.45, 7) is 7.93. The molecule has 11 heteroatoms. The van der Waals surface area contributed by atoms with E-state index in [9.17, 15) is 12.8 Å². The number of ether oxygens (including phenoxy) is 1. The number of anilines is 4. The van der Waals surface area contributed by atoms with Gasteiger partial charge in [0.1, 0.15) is 27.6 Å². The molecule has 3 aromatic rings. The lowest BCUT2D eigenvalue weighted by atomic mass is 9.88. The number of nitrogens with one attached hydrogen (secondary N) is 1. The second-order valence-electron chi connectivity index (χ2n) is 11.1. The van der Waals surface area contributed by atoms with E-state index in [1.807, 2.05) is 17.2 Å². The lowest BCUT2D eigenvalue weighted by molar-refractivity contribution is 0.0194. The van der Waals surface area contributed by atoms with Gasteiger partial charge in [-0.1, -0.05) is 19.9 Å². The van der Waals surface area contributed by atoms with E-state index in [1.54, 1.807) is 12.3 Å². The Morgan fingerprint density at radius 2 is 1.95 bits per heavy atom. The molecule has 5 rings (SSSR count). The van der Waals surface area contributed by atoms with Crippen LogP contribution in [-0.4, -0.2) is 80.4 Å². The van der Waals surface area contributed by atoms with Crippen LogP contribution in [0, 0.1) is 5.92 Å². The van der Waals surface area contributed by atoms with Crippen molar-refractivity contribution in [3.05, 3.63) is 42.2 Å². The molecule has 39 heavy (non-hydrogen) atoms. The largest absolute Gasteiger partial charge is 0.378 e. The number of fused-ring (bicyclic) bond motifs is 1. The van der Waals surface area contributed by atoms with Gasteiger partial charge in [0.25, 0.3) is 0 Å². The van der Waals surface area contributed by atoms with E-state index < -0.39 is 22.1 Å². The summed E-state index contributed by atoms with van der Waals surface area (Å²) in [5, 5.41) is 5.43. The number of halogens is 1. The third-order valence-corrected chi connectivity index (χ3v) is 8.96. The number of aromatic nitrogens is 3. The second kappa shape index (κ2) is 10.8. The maximum absolute atomic E-state index is 14.4. The summed E-state index contributed by atoms with van der Waals surface area (Å²) < 4.78 is 43.3. The van der Waals surface area contributed by atoms with Crippen molar-refractivity contribution in [3.8, 4) is 0 Å². The number of piperidine rings is 1. The molecule has 1 aromatic carbocycles. The summed E-state index contributed by atoms with van der Waals surface area (Å²) in [5.74, 6) is 2.33. The third-order valence-electron chi connectivity index (χ3n) is 7.93. The molecule has 210 valence electrons. The van der Waals surface area contributed by atoms with Crippen LogP contribution in [0.15, 0.2) is 36.7 Å². The molecule has 4 heterocycles. The van der Waals surface area contributed by atoms with Gasteiger partial charge < -0.3 is 19.9 Å². The van der Waals surface area contributed by atoms with E-state index >= 15 is 0 Å². The monoisotopic (exact) mass is 556 g/mol. The van der Waals surface area contributed by atoms with Crippen LogP contribution in [0.4, 0.5) is 27.7 Å². The van der Waals surface area contributed by atoms with Crippen molar-refractivity contribution in [2.45, 2.75) is 51.4 Å². The van der Waals surface area contributed by atoms with Crippen LogP contribution in [0.25, 0.3) is 10.8 Å². The highest BCUT2D eigenvalue weighted by molar-refractivity contribution is 7.90. The lowest BCUT2D eigenvalue weighted by Gasteiger charge is -2.48. The molecule has 2 fully saturated rings. The van der Waals surface area contributed by atoms with Crippen molar-refractivity contribution < 1.29 is 17.5 Å². The Labute approximate surface area is 229 Å². The number of nitrogens with zero attached hydrogens (tertiary/aromatic N) is 5. The first kappa shape index (κ1) is 27.5. The van der Waals surface area contributed by atoms with Crippen molar-refractivity contribution in [1.29, 1.82) is 0 Å². The average Bonchev–Trinajstić information content (AvgIpc) is 2.89. The van der Waals surface area contributed by atoms with Crippen LogP contribution in [-0.2, 0) is 14.6 Å². The van der Waals surface area contributed by atoms with Crippen molar-refractivity contribution in [2.24, 2.45) is 5.92 Å². The number of pyridine rings is 1. The molecule has 0 spiro atoms. The minimum atomic E-state index is -3.02. The highest BCUT2D eigenvalue weighted by Crippen LogP contribution is 2.39. The van der Waals surface area contributed by atoms with Gasteiger partial charge in [0.15, 0.2) is 0 Å². The van der Waals surface area contributed by atoms with Crippen LogP contribution in [0.2, 0.25) is 0 Å². The summed E-state index contributed by atoms with van der Waals surface area (Å²) in [7, 11) is -1.48. The van der Waals surface area contributed by atoms with Gasteiger partial charge in [0, 0.05) is 61.9 Å². The molecule has 0 amide bonds. The fraction of sp³-hybridized carbons (Fsp3) is 0.536. The molecule has 0 aliphatic carbocycles. The second-order valence-corrected chi connectivity index (χ2v) is 13.3. The Morgan fingerprint density at radius 3 is 2.62 bits per heavy atom. The Bertz CT molecular complexity index is 1450. The maximum atomic E-state index is 14.4. The number of sulfone groups is 1. The number of hydrogen-bond acceptors (Lipinski definition) is 9. The Morgan fingerprint density at radius 1 is 1.15 bits per heavy atom. The first-order valence-corrected chi connectivity index (χ1v) is 15.5. The van der Waals surface area contributed by atoms with Gasteiger partial charge in [0.05, 0.1) is 18.4 Å². The predicted molar refractivity (Wildman–Crippen MR) is 154 cm³/mol. The van der Waals surface area contributed by atoms with E-state index in [2.05, 4.69) is 53.1 Å². The van der Waals surface area contributed by atoms with Crippen LogP contribution in [0.3, 0.4) is 0 Å². The van der Waals surface area contributed by atoms with Crippen molar-refractivity contribution in [2.75, 3.05) is 53.9 Å². The zero-order chi connectivity index (χ0) is 27.9. The van der Waals surface area contributed by atoms with Gasteiger partial charge in [-0.3, -0.25) is 0 Å². The van der Waals surface area contributed by atoms with E-state index in [-0.39, 0.29) is 24.3 Å². The fourth-order valence-corrected chi connectivity index (χ4v) is 6.85. The zero-order valence-corrected chi connectivity index (χ0v) is 23.9. The summed E-state index contributed by atoms with van der Waals surface area (Å²) in [6, 6.07) is 8.22. The standard InChI is InChI=1S/C28H37FN6O3S/c1-17(2)20-6-7-24(35-14-19(18(35)3)16-39(5,36)37)22-13-31-27(12-21(20)22)32-26-8-10-30-28(33-26)34-11-9-25(38-4)23(29)15-34/h6-8,10,12-13,17-19,23,25H,9,11,14-16H2,1-5H3,(H,30,31,32,33)/t18-,19-,23-,25-/m1/s1. The smallest absolute Gasteiger partial charge is 0.227 e. The van der Waals surface area contributed by atoms with Crippen LogP contribution >= 0.6 is 0 Å². The van der Waals surface area contributed by atoms with Gasteiger partial charge in [0.2, 0.25) is 5.95 Å². The highest BCUT2D eigenvalue weighted by atomic mass is 32.2. The van der Waals surface area contributed by atoms with Gasteiger partial charge in [-0.2, -0.15) is 4.98 Å². The number of benzene rings is 1. The molecular weight excluding hydrogens is 519 g/mol. The summed E-state index contributed by atoms with van der Waals surface area (Å²) >= 11 is 0. The van der Waals surface area contributed by atoms with Crippen molar-refractivity contribution >= 4 is 43.9 Å². The first-order chi connectivity index (χ1) is 18.5. The molecule has 9 nitrogen and oxygen atoms in total. The average molecular weight is 557 g/mol. The molecule has 0 radical (unpaired) electrons. The molecule has 2 aliphatic rings. The number of rotatable bonds is 8. The van der Waals surface area contributed by atoms with Gasteiger partial charge >= 0.3 is 0 Å². The summed E-state index contributed by atoms with van der Waals surface area (Å²) in [5.41, 5.74) is 2.27. The molecule has 2 saturated heterocycles. The maximum Gasteiger partial charge on any atom is 0.227 e. The normalized spacial score (nSPS) is 23.8. The molecule has 4 atom stereocenters. The predicted octanol–water partition coefficient (Wildman–Crippen LogP) is 4.32. The van der Waals surface area contributed by atoms with E-state index in [0.717, 1.165) is 16.5 Å². The Hall–Kier alpha value is -3.05. The molecule has 0 unspecified atom stereocenters. The fourth-order valence-electron chi connectivity index (χ4n) is 5.69. The van der Waals surface area contributed by atoms with Crippen LogP contribution in [0.5, 0.6) is 0 Å². The first-order valence-electron chi connectivity index (χ1n) is 13.4. The van der Waals surface area contributed by atoms with Gasteiger partial charge in [-0.15, -0.1) is 0 Å². The molecule has 0 saturated carbocycles. The molecule has 0 bridgehead atoms. The molecule has 1 N–H and O–H groups in total. The van der Waals surface area contributed by atoms with Crippen LogP contribution in [0.1, 0.15) is 38.7 Å². The molecule has 2 aromatic heterocycles. The SMILES string of the molecule is CO[C@@H]1CCN(c2nccc(Nc3cc4c(C(C)C)ccc(N5C[C@H](CS(C)(=O)=O)[C@H]5C)c4cn3)n2)C[C@H]1F. The van der Waals surface area contributed by atoms with E-state index in [0.29, 0.717) is 43.0 Å². The van der Waals surface area contributed by atoms with E-state index in [4.69, 9.17) is 9.72 Å². The summed E-state index contributed by atoms with van der Waals surface area (Å²) in [6.07, 6.45) is 3.93. The molecular formula is C28H37FN6O3S. The van der Waals surface area contributed by atoms with E-state index in [1.165, 1.54) is 18.9 Å². The summed E-state index contributed by atoms with van der Waals surface area (Å²) in [4.78, 5) is 17.8. The quantitative estimate of drug-likeness (QED) is 0.435. The lowest BCUT2D eigenvalue weighted by Crippen LogP contribution is -2.57. The van der Waals surface area contributed by atoms with Crippen molar-refractivity contribution in [1.82, 2.24) is 15.0 Å². The number of methoxy groups -OCH3 is 1. The molecule has 2 aliphatic heterocycles. The van der Waals surface area contributed by atoms with Crippen molar-refractivity contribution in [3.63, 3.8) is 0 Å². The van der Waals surface area contributed by atoms with Gasteiger partial charge in [-0.05, 0) is 48.4 Å². The topological polar surface area (TPSA) is 101 Å². The van der Waals surface area contributed by atoms with Gasteiger partial charge in [-0.25, -0.2) is 22.8 Å². The third kappa shape index (κ3) is 5.79. The minimum Gasteiger partial charge on any atom is -0.378 e. The van der Waals surface area contributed by atoms with Crippen LogP contribution < -0.4 is 15.1 Å². The highest BCUT2D eigenvalue weighted by Gasteiger charge is 2.38.